The predicted molar refractivity (Wildman–Crippen MR) is 48.8 cm³/mol. The van der Waals surface area contributed by atoms with Crippen molar-refractivity contribution in [1.82, 2.24) is 4.68 Å². The third kappa shape index (κ3) is 2.25. The Hall–Kier alpha value is -1.98. The van der Waals surface area contributed by atoms with E-state index in [4.69, 9.17) is 10.2 Å². The van der Waals surface area contributed by atoms with Crippen LogP contribution in [0.15, 0.2) is 23.3 Å². The van der Waals surface area contributed by atoms with Crippen molar-refractivity contribution < 1.29 is 15.0 Å². The van der Waals surface area contributed by atoms with Crippen molar-refractivity contribution in [3.63, 3.8) is 0 Å². The van der Waals surface area contributed by atoms with Gasteiger partial charge >= 0.3 is 5.97 Å². The first-order valence-electron chi connectivity index (χ1n) is 3.91. The number of aromatic nitrogens is 1. The minimum atomic E-state index is -1.02. The van der Waals surface area contributed by atoms with Crippen LogP contribution in [0.3, 0.4) is 0 Å². The Morgan fingerprint density at radius 2 is 2.29 bits per heavy atom. The van der Waals surface area contributed by atoms with E-state index < -0.39 is 23.2 Å². The topological polar surface area (TPSA) is 91.6 Å². The van der Waals surface area contributed by atoms with Gasteiger partial charge in [-0.15, -0.1) is 0 Å². The SMILES string of the molecule is C[C@H](Nn1ccc(=O)c(O)c1)C(=O)O. The second kappa shape index (κ2) is 3.82. The summed E-state index contributed by atoms with van der Waals surface area (Å²) in [7, 11) is 0. The second-order valence-corrected chi connectivity index (χ2v) is 2.79. The third-order valence-corrected chi connectivity index (χ3v) is 1.61. The molecular formula is C8H10N2O4. The summed E-state index contributed by atoms with van der Waals surface area (Å²) in [6, 6.07) is 0.327. The zero-order chi connectivity index (χ0) is 10.7. The van der Waals surface area contributed by atoms with E-state index >= 15 is 0 Å². The monoisotopic (exact) mass is 198 g/mol. The van der Waals surface area contributed by atoms with Gasteiger partial charge in [0.05, 0.1) is 6.20 Å². The number of hydrogen-bond acceptors (Lipinski definition) is 4. The number of carboxylic acid groups (broad SMARTS) is 1. The number of aromatic hydroxyl groups is 1. The molecule has 0 fully saturated rings. The average Bonchev–Trinajstić information content (AvgIpc) is 2.11. The number of hydrogen-bond donors (Lipinski definition) is 3. The Bertz CT molecular complexity index is 399. The molecule has 0 aliphatic rings. The number of aliphatic carboxylic acids is 1. The fourth-order valence-electron chi connectivity index (χ4n) is 0.831. The number of pyridine rings is 1. The number of nitrogens with zero attached hydrogens (tertiary/aromatic N) is 1. The minimum Gasteiger partial charge on any atom is -0.503 e. The van der Waals surface area contributed by atoms with E-state index in [1.54, 1.807) is 0 Å². The lowest BCUT2D eigenvalue weighted by atomic mass is 10.4. The summed E-state index contributed by atoms with van der Waals surface area (Å²) in [5.41, 5.74) is 2.02. The summed E-state index contributed by atoms with van der Waals surface area (Å²) in [6.45, 7) is 1.44. The number of nitrogens with one attached hydrogen (secondary N) is 1. The van der Waals surface area contributed by atoms with Crippen molar-refractivity contribution in [1.29, 1.82) is 0 Å². The van der Waals surface area contributed by atoms with Gasteiger partial charge in [-0.25, -0.2) is 4.79 Å². The molecule has 0 aliphatic heterocycles. The van der Waals surface area contributed by atoms with Crippen LogP contribution >= 0.6 is 0 Å². The van der Waals surface area contributed by atoms with Crippen LogP contribution in [0, 0.1) is 0 Å². The Morgan fingerprint density at radius 1 is 1.64 bits per heavy atom. The zero-order valence-corrected chi connectivity index (χ0v) is 7.47. The molecule has 0 aliphatic carbocycles. The molecule has 76 valence electrons. The maximum absolute atomic E-state index is 10.8. The van der Waals surface area contributed by atoms with Crippen LogP contribution in [0.25, 0.3) is 0 Å². The van der Waals surface area contributed by atoms with Crippen molar-refractivity contribution in [3.05, 3.63) is 28.7 Å². The first-order valence-corrected chi connectivity index (χ1v) is 3.91. The Kier molecular flexibility index (Phi) is 2.76. The van der Waals surface area contributed by atoms with Crippen LogP contribution in [0.1, 0.15) is 6.92 Å². The van der Waals surface area contributed by atoms with Crippen molar-refractivity contribution in [2.24, 2.45) is 0 Å². The smallest absolute Gasteiger partial charge is 0.327 e. The zero-order valence-electron chi connectivity index (χ0n) is 7.47. The number of carbonyl (C=O) groups is 1. The van der Waals surface area contributed by atoms with Crippen molar-refractivity contribution in [2.75, 3.05) is 5.43 Å². The first-order chi connectivity index (χ1) is 6.50. The highest BCUT2D eigenvalue weighted by molar-refractivity contribution is 5.74. The van der Waals surface area contributed by atoms with Gasteiger partial charge in [0.2, 0.25) is 5.43 Å². The molecule has 0 amide bonds. The number of rotatable bonds is 3. The Balaban J connectivity index is 2.83. The molecule has 6 nitrogen and oxygen atoms in total. The fraction of sp³-hybridized carbons (Fsp3) is 0.250. The summed E-state index contributed by atoms with van der Waals surface area (Å²) >= 11 is 0. The van der Waals surface area contributed by atoms with Crippen molar-refractivity contribution in [3.8, 4) is 5.75 Å². The summed E-state index contributed by atoms with van der Waals surface area (Å²) in [4.78, 5) is 21.2. The normalized spacial score (nSPS) is 12.1. The summed E-state index contributed by atoms with van der Waals surface area (Å²) < 4.78 is 1.22. The van der Waals surface area contributed by atoms with Crippen LogP contribution in [0.4, 0.5) is 0 Å². The highest BCUT2D eigenvalue weighted by Crippen LogP contribution is 1.97. The minimum absolute atomic E-state index is 0.433. The molecule has 0 radical (unpaired) electrons. The molecule has 1 aromatic heterocycles. The summed E-state index contributed by atoms with van der Waals surface area (Å²) in [5, 5.41) is 17.6. The van der Waals surface area contributed by atoms with Gasteiger partial charge < -0.3 is 15.6 Å². The maximum Gasteiger partial charge on any atom is 0.327 e. The highest BCUT2D eigenvalue weighted by atomic mass is 16.4. The molecule has 0 saturated carbocycles. The van der Waals surface area contributed by atoms with Crippen molar-refractivity contribution >= 4 is 5.97 Å². The quantitative estimate of drug-likeness (QED) is 0.613. The number of carboxylic acids is 1. The Labute approximate surface area is 79.4 Å². The molecule has 0 spiro atoms. The van der Waals surface area contributed by atoms with E-state index in [0.29, 0.717) is 0 Å². The van der Waals surface area contributed by atoms with Crippen LogP contribution in [-0.4, -0.2) is 26.9 Å². The lowest BCUT2D eigenvalue weighted by Crippen LogP contribution is -2.32. The molecule has 0 saturated heterocycles. The van der Waals surface area contributed by atoms with E-state index in [1.165, 1.54) is 17.8 Å². The standard InChI is InChI=1S/C8H10N2O4/c1-5(8(13)14)9-10-3-2-6(11)7(12)4-10/h2-5,9,12H,1H3,(H,13,14)/t5-/m0/s1. The fourth-order valence-corrected chi connectivity index (χ4v) is 0.831. The second-order valence-electron chi connectivity index (χ2n) is 2.79. The lowest BCUT2D eigenvalue weighted by Gasteiger charge is -2.13. The molecule has 14 heavy (non-hydrogen) atoms. The molecule has 6 heteroatoms. The van der Waals surface area contributed by atoms with Crippen LogP contribution in [0.2, 0.25) is 0 Å². The first kappa shape index (κ1) is 10.1. The maximum atomic E-state index is 10.8. The van der Waals surface area contributed by atoms with Gasteiger partial charge in [0, 0.05) is 12.3 Å². The van der Waals surface area contributed by atoms with Gasteiger partial charge in [-0.1, -0.05) is 0 Å². The summed E-state index contributed by atoms with van der Waals surface area (Å²) in [6.07, 6.45) is 2.45. The Morgan fingerprint density at radius 3 is 2.79 bits per heavy atom. The van der Waals surface area contributed by atoms with E-state index in [1.807, 2.05) is 0 Å². The molecule has 1 atom stereocenters. The molecule has 1 rings (SSSR count). The van der Waals surface area contributed by atoms with Gasteiger partial charge in [-0.2, -0.15) is 0 Å². The van der Waals surface area contributed by atoms with E-state index in [-0.39, 0.29) is 0 Å². The summed E-state index contributed by atoms with van der Waals surface area (Å²) in [5.74, 6) is -1.46. The predicted octanol–water partition coefficient (Wildman–Crippen LogP) is -0.430. The highest BCUT2D eigenvalue weighted by Gasteiger charge is 2.09. The van der Waals surface area contributed by atoms with Crippen LogP contribution in [-0.2, 0) is 4.79 Å². The molecule has 0 bridgehead atoms. The largest absolute Gasteiger partial charge is 0.503 e. The van der Waals surface area contributed by atoms with Gasteiger partial charge in [-0.3, -0.25) is 9.47 Å². The van der Waals surface area contributed by atoms with E-state index in [9.17, 15) is 9.59 Å². The molecule has 1 heterocycles. The molecule has 1 aromatic rings. The molecule has 0 unspecified atom stereocenters. The van der Waals surface area contributed by atoms with Gasteiger partial charge in [0.15, 0.2) is 5.75 Å². The molecular weight excluding hydrogens is 188 g/mol. The van der Waals surface area contributed by atoms with E-state index in [2.05, 4.69) is 5.43 Å². The van der Waals surface area contributed by atoms with Gasteiger partial charge in [0.25, 0.3) is 0 Å². The lowest BCUT2D eigenvalue weighted by molar-refractivity contribution is -0.137. The van der Waals surface area contributed by atoms with Crippen LogP contribution < -0.4 is 10.9 Å². The molecule has 3 N–H and O–H groups in total. The molecule has 0 aromatic carbocycles. The van der Waals surface area contributed by atoms with Crippen LogP contribution in [0.5, 0.6) is 5.75 Å². The van der Waals surface area contributed by atoms with Gasteiger partial charge in [0.1, 0.15) is 6.04 Å². The van der Waals surface area contributed by atoms with Crippen molar-refractivity contribution in [2.45, 2.75) is 13.0 Å². The van der Waals surface area contributed by atoms with Gasteiger partial charge in [-0.05, 0) is 6.92 Å². The average molecular weight is 198 g/mol. The third-order valence-electron chi connectivity index (χ3n) is 1.61. The van der Waals surface area contributed by atoms with E-state index in [0.717, 1.165) is 12.3 Å².